The molecule has 17 heavy (non-hydrogen) atoms. The van der Waals surface area contributed by atoms with E-state index in [0.29, 0.717) is 10.8 Å². The monoisotopic (exact) mass is 228 g/mol. The van der Waals surface area contributed by atoms with Gasteiger partial charge in [0.05, 0.1) is 0 Å². The highest BCUT2D eigenvalue weighted by atomic mass is 14.6. The van der Waals surface area contributed by atoms with Crippen LogP contribution in [0.4, 0.5) is 0 Å². The van der Waals surface area contributed by atoms with E-state index in [1.165, 1.54) is 19.3 Å². The fourth-order valence-electron chi connectivity index (χ4n) is 4.69. The summed E-state index contributed by atoms with van der Waals surface area (Å²) in [6, 6.07) is 9.16. The summed E-state index contributed by atoms with van der Waals surface area (Å²) in [5, 5.41) is 0. The third kappa shape index (κ3) is 1.36. The highest BCUT2D eigenvalue weighted by Gasteiger charge is 2.52. The Balaban J connectivity index is 2.24. The minimum absolute atomic E-state index is 0.368. The Morgan fingerprint density at radius 2 is 1.24 bits per heavy atom. The lowest BCUT2D eigenvalue weighted by atomic mass is 9.53. The molecular weight excluding hydrogens is 204 g/mol. The summed E-state index contributed by atoms with van der Waals surface area (Å²) >= 11 is 0. The molecule has 0 amide bonds. The SMILES string of the molecule is CC1(C)c2ccccc2C(C)(C)C2CCCC21. The molecule has 2 atom stereocenters. The van der Waals surface area contributed by atoms with Gasteiger partial charge in [0.2, 0.25) is 0 Å². The number of hydrogen-bond donors (Lipinski definition) is 0. The van der Waals surface area contributed by atoms with E-state index in [-0.39, 0.29) is 0 Å². The first-order valence-corrected chi connectivity index (χ1v) is 7.05. The van der Waals surface area contributed by atoms with Crippen molar-refractivity contribution in [2.45, 2.75) is 57.8 Å². The van der Waals surface area contributed by atoms with Gasteiger partial charge in [-0.05, 0) is 46.6 Å². The van der Waals surface area contributed by atoms with Crippen LogP contribution in [0.15, 0.2) is 24.3 Å². The van der Waals surface area contributed by atoms with E-state index >= 15 is 0 Å². The summed E-state index contributed by atoms with van der Waals surface area (Å²) < 4.78 is 0. The molecule has 0 spiro atoms. The van der Waals surface area contributed by atoms with Crippen LogP contribution >= 0.6 is 0 Å². The third-order valence-electron chi connectivity index (χ3n) is 5.69. The molecule has 2 unspecified atom stereocenters. The van der Waals surface area contributed by atoms with E-state index in [4.69, 9.17) is 0 Å². The number of rotatable bonds is 0. The highest BCUT2D eigenvalue weighted by Crippen LogP contribution is 2.58. The lowest BCUT2D eigenvalue weighted by Gasteiger charge is -2.51. The van der Waals surface area contributed by atoms with E-state index in [9.17, 15) is 0 Å². The second-order valence-corrected chi connectivity index (χ2v) is 7.13. The largest absolute Gasteiger partial charge is 0.0620 e. The van der Waals surface area contributed by atoms with E-state index in [2.05, 4.69) is 52.0 Å². The maximum Gasteiger partial charge on any atom is -0.00694 e. The summed E-state index contributed by atoms with van der Waals surface area (Å²) in [5.74, 6) is 1.76. The molecule has 0 heterocycles. The van der Waals surface area contributed by atoms with Crippen LogP contribution in [0.2, 0.25) is 0 Å². The van der Waals surface area contributed by atoms with Gasteiger partial charge in [-0.3, -0.25) is 0 Å². The van der Waals surface area contributed by atoms with Crippen LogP contribution in [0, 0.1) is 11.8 Å². The second-order valence-electron chi connectivity index (χ2n) is 7.13. The predicted molar refractivity (Wildman–Crippen MR) is 73.3 cm³/mol. The fraction of sp³-hybridized carbons (Fsp3) is 0.647. The van der Waals surface area contributed by atoms with Crippen LogP contribution in [-0.2, 0) is 10.8 Å². The van der Waals surface area contributed by atoms with E-state index < -0.39 is 0 Å². The Morgan fingerprint density at radius 3 is 1.65 bits per heavy atom. The average molecular weight is 228 g/mol. The molecule has 1 fully saturated rings. The first-order chi connectivity index (χ1) is 7.95. The molecule has 0 N–H and O–H groups in total. The van der Waals surface area contributed by atoms with Gasteiger partial charge in [0, 0.05) is 0 Å². The van der Waals surface area contributed by atoms with Crippen molar-refractivity contribution in [3.8, 4) is 0 Å². The van der Waals surface area contributed by atoms with Crippen LogP contribution in [0.3, 0.4) is 0 Å². The van der Waals surface area contributed by atoms with Gasteiger partial charge in [-0.2, -0.15) is 0 Å². The summed E-state index contributed by atoms with van der Waals surface area (Å²) in [6.45, 7) is 9.85. The van der Waals surface area contributed by atoms with Gasteiger partial charge in [-0.15, -0.1) is 0 Å². The zero-order valence-corrected chi connectivity index (χ0v) is 11.6. The number of hydrogen-bond acceptors (Lipinski definition) is 0. The Hall–Kier alpha value is -0.780. The molecule has 0 aromatic heterocycles. The van der Waals surface area contributed by atoms with Crippen molar-refractivity contribution in [1.82, 2.24) is 0 Å². The van der Waals surface area contributed by atoms with Gasteiger partial charge in [-0.25, -0.2) is 0 Å². The Morgan fingerprint density at radius 1 is 0.824 bits per heavy atom. The lowest BCUT2D eigenvalue weighted by molar-refractivity contribution is 0.145. The van der Waals surface area contributed by atoms with Gasteiger partial charge < -0.3 is 0 Å². The zero-order valence-electron chi connectivity index (χ0n) is 11.6. The normalized spacial score (nSPS) is 32.9. The van der Waals surface area contributed by atoms with Crippen molar-refractivity contribution in [2.24, 2.45) is 11.8 Å². The molecule has 0 heteroatoms. The molecule has 1 aromatic carbocycles. The summed E-state index contributed by atoms with van der Waals surface area (Å²) in [6.07, 6.45) is 4.28. The van der Waals surface area contributed by atoms with Crippen molar-refractivity contribution >= 4 is 0 Å². The Labute approximate surface area is 105 Å². The van der Waals surface area contributed by atoms with Crippen LogP contribution in [0.5, 0.6) is 0 Å². The fourth-order valence-corrected chi connectivity index (χ4v) is 4.69. The van der Waals surface area contributed by atoms with Crippen molar-refractivity contribution in [1.29, 1.82) is 0 Å². The first-order valence-electron chi connectivity index (χ1n) is 7.05. The molecule has 92 valence electrons. The second kappa shape index (κ2) is 3.37. The molecule has 1 aromatic rings. The van der Waals surface area contributed by atoms with Crippen LogP contribution in [-0.4, -0.2) is 0 Å². The summed E-state index contributed by atoms with van der Waals surface area (Å²) in [5.41, 5.74) is 3.95. The van der Waals surface area contributed by atoms with E-state index in [0.717, 1.165) is 11.8 Å². The molecular formula is C17H24. The minimum atomic E-state index is 0.368. The van der Waals surface area contributed by atoms with Gasteiger partial charge in [0.1, 0.15) is 0 Å². The van der Waals surface area contributed by atoms with Gasteiger partial charge >= 0.3 is 0 Å². The topological polar surface area (TPSA) is 0 Å². The standard InChI is InChI=1S/C17H24/c1-16(2)12-8-5-6-9-13(12)17(3,4)15-11-7-10-14(15)16/h5-6,8-9,14-15H,7,10-11H2,1-4H3. The molecule has 2 aliphatic carbocycles. The predicted octanol–water partition coefficient (Wildman–Crippen LogP) is 4.67. The van der Waals surface area contributed by atoms with Crippen LogP contribution in [0.25, 0.3) is 0 Å². The molecule has 0 radical (unpaired) electrons. The van der Waals surface area contributed by atoms with Gasteiger partial charge in [-0.1, -0.05) is 58.4 Å². The van der Waals surface area contributed by atoms with Crippen molar-refractivity contribution in [3.63, 3.8) is 0 Å². The smallest absolute Gasteiger partial charge is 0.00694 e. The van der Waals surface area contributed by atoms with E-state index in [1.54, 1.807) is 11.1 Å². The molecule has 2 aliphatic rings. The van der Waals surface area contributed by atoms with Crippen molar-refractivity contribution < 1.29 is 0 Å². The highest BCUT2D eigenvalue weighted by molar-refractivity contribution is 5.43. The molecule has 0 bridgehead atoms. The van der Waals surface area contributed by atoms with Crippen LogP contribution in [0.1, 0.15) is 58.1 Å². The molecule has 0 saturated heterocycles. The molecule has 0 nitrogen and oxygen atoms in total. The zero-order chi connectivity index (χ0) is 12.3. The Bertz CT molecular complexity index is 398. The molecule has 3 rings (SSSR count). The maximum atomic E-state index is 2.46. The number of fused-ring (bicyclic) bond motifs is 2. The van der Waals surface area contributed by atoms with E-state index in [1.807, 2.05) is 0 Å². The average Bonchev–Trinajstić information content (AvgIpc) is 2.78. The third-order valence-corrected chi connectivity index (χ3v) is 5.69. The lowest BCUT2D eigenvalue weighted by Crippen LogP contribution is -2.46. The molecule has 1 saturated carbocycles. The Kier molecular flexibility index (Phi) is 2.24. The summed E-state index contributed by atoms with van der Waals surface area (Å²) in [4.78, 5) is 0. The van der Waals surface area contributed by atoms with Crippen molar-refractivity contribution in [3.05, 3.63) is 35.4 Å². The first kappa shape index (κ1) is 11.3. The number of benzene rings is 1. The van der Waals surface area contributed by atoms with Gasteiger partial charge in [0.25, 0.3) is 0 Å². The van der Waals surface area contributed by atoms with Crippen LogP contribution < -0.4 is 0 Å². The van der Waals surface area contributed by atoms with Gasteiger partial charge in [0.15, 0.2) is 0 Å². The summed E-state index contributed by atoms with van der Waals surface area (Å²) in [7, 11) is 0. The van der Waals surface area contributed by atoms with Crippen molar-refractivity contribution in [2.75, 3.05) is 0 Å². The maximum absolute atomic E-state index is 2.46. The minimum Gasteiger partial charge on any atom is -0.0620 e. The quantitative estimate of drug-likeness (QED) is 0.605. The molecule has 0 aliphatic heterocycles.